The van der Waals surface area contributed by atoms with Crippen LogP contribution >= 0.6 is 11.6 Å². The van der Waals surface area contributed by atoms with Crippen molar-refractivity contribution >= 4 is 17.5 Å². The zero-order valence-electron chi connectivity index (χ0n) is 13.3. The highest BCUT2D eigenvalue weighted by Gasteiger charge is 2.30. The van der Waals surface area contributed by atoms with Crippen LogP contribution in [0.4, 0.5) is 0 Å². The minimum Gasteiger partial charge on any atom is -0.381 e. The molecule has 23 heavy (non-hydrogen) atoms. The maximum Gasteiger partial charge on any atom is 0.268 e. The van der Waals surface area contributed by atoms with Crippen molar-refractivity contribution < 1.29 is 9.53 Å². The van der Waals surface area contributed by atoms with E-state index in [0.717, 1.165) is 31.9 Å². The number of carbonyl (C=O) groups excluding carboxylic acids is 1. The third-order valence-corrected chi connectivity index (χ3v) is 4.57. The number of aryl methyl sites for hydroxylation is 2. The van der Waals surface area contributed by atoms with Crippen LogP contribution in [-0.4, -0.2) is 33.2 Å². The molecule has 1 fully saturated rings. The Bertz CT molecular complexity index is 688. The number of hydrogen-bond donors (Lipinski definition) is 1. The van der Waals surface area contributed by atoms with Crippen LogP contribution in [0.15, 0.2) is 24.7 Å². The summed E-state index contributed by atoms with van der Waals surface area (Å²) in [6, 6.07) is 1.54. The number of halogens is 1. The molecule has 7 heteroatoms. The van der Waals surface area contributed by atoms with E-state index in [1.807, 2.05) is 24.9 Å². The molecular weight excluding hydrogens is 316 g/mol. The van der Waals surface area contributed by atoms with E-state index in [2.05, 4.69) is 10.3 Å². The van der Waals surface area contributed by atoms with Crippen molar-refractivity contribution in [1.82, 2.24) is 19.4 Å². The lowest BCUT2D eigenvalue weighted by Crippen LogP contribution is -2.38. The van der Waals surface area contributed by atoms with Gasteiger partial charge in [0.25, 0.3) is 5.91 Å². The van der Waals surface area contributed by atoms with E-state index in [9.17, 15) is 4.79 Å². The molecular formula is C16H21ClN4O2. The van der Waals surface area contributed by atoms with Gasteiger partial charge in [0.2, 0.25) is 0 Å². The molecule has 0 saturated carbocycles. The summed E-state index contributed by atoms with van der Waals surface area (Å²) in [7, 11) is 3.76. The first-order valence-electron chi connectivity index (χ1n) is 7.74. The van der Waals surface area contributed by atoms with Gasteiger partial charge in [-0.3, -0.25) is 4.79 Å². The standard InChI is InChI=1S/C16H21ClN4O2/c1-20-6-5-18-15(20)14(11-3-7-23-8-4-11)19-16(22)13-9-12(17)10-21(13)2/h5-6,9-11,14H,3-4,7-8H2,1-2H3,(H,19,22). The van der Waals surface area contributed by atoms with Gasteiger partial charge in [-0.2, -0.15) is 0 Å². The van der Waals surface area contributed by atoms with Gasteiger partial charge in [-0.15, -0.1) is 0 Å². The van der Waals surface area contributed by atoms with Crippen LogP contribution in [-0.2, 0) is 18.8 Å². The van der Waals surface area contributed by atoms with Crippen molar-refractivity contribution in [1.29, 1.82) is 0 Å². The Morgan fingerprint density at radius 1 is 1.39 bits per heavy atom. The number of aromatic nitrogens is 3. The number of imidazole rings is 1. The Balaban J connectivity index is 1.85. The van der Waals surface area contributed by atoms with Crippen LogP contribution in [0.1, 0.15) is 35.2 Å². The molecule has 1 amide bonds. The number of nitrogens with zero attached hydrogens (tertiary/aromatic N) is 3. The zero-order valence-corrected chi connectivity index (χ0v) is 14.1. The fourth-order valence-corrected chi connectivity index (χ4v) is 3.33. The van der Waals surface area contributed by atoms with Gasteiger partial charge in [-0.1, -0.05) is 11.6 Å². The van der Waals surface area contributed by atoms with Crippen molar-refractivity contribution in [2.75, 3.05) is 13.2 Å². The largest absolute Gasteiger partial charge is 0.381 e. The second-order valence-electron chi connectivity index (χ2n) is 5.95. The topological polar surface area (TPSA) is 61.1 Å². The van der Waals surface area contributed by atoms with Crippen molar-refractivity contribution in [3.05, 3.63) is 41.2 Å². The highest BCUT2D eigenvalue weighted by atomic mass is 35.5. The Hall–Kier alpha value is -1.79. The number of amides is 1. The minimum atomic E-state index is -0.140. The average Bonchev–Trinajstić information content (AvgIpc) is 3.11. The van der Waals surface area contributed by atoms with Crippen LogP contribution < -0.4 is 5.32 Å². The van der Waals surface area contributed by atoms with Crippen molar-refractivity contribution in [2.24, 2.45) is 20.0 Å². The molecule has 6 nitrogen and oxygen atoms in total. The molecule has 0 aromatic carbocycles. The molecule has 0 bridgehead atoms. The minimum absolute atomic E-state index is 0.139. The molecule has 0 aliphatic carbocycles. The molecule has 1 atom stereocenters. The first kappa shape index (κ1) is 16.1. The third kappa shape index (κ3) is 3.43. The van der Waals surface area contributed by atoms with E-state index in [-0.39, 0.29) is 11.9 Å². The number of rotatable bonds is 4. The molecule has 1 N–H and O–H groups in total. The van der Waals surface area contributed by atoms with Crippen LogP contribution in [0.25, 0.3) is 0 Å². The van der Waals surface area contributed by atoms with Gasteiger partial charge >= 0.3 is 0 Å². The van der Waals surface area contributed by atoms with Gasteiger partial charge < -0.3 is 19.2 Å². The molecule has 1 unspecified atom stereocenters. The first-order chi connectivity index (χ1) is 11.1. The lowest BCUT2D eigenvalue weighted by Gasteiger charge is -2.30. The second kappa shape index (κ2) is 6.76. The van der Waals surface area contributed by atoms with Crippen molar-refractivity contribution in [3.63, 3.8) is 0 Å². The predicted molar refractivity (Wildman–Crippen MR) is 87.4 cm³/mol. The molecule has 1 aliphatic rings. The number of hydrogen-bond acceptors (Lipinski definition) is 3. The van der Waals surface area contributed by atoms with Gasteiger partial charge in [-0.25, -0.2) is 4.98 Å². The molecule has 2 aromatic rings. The van der Waals surface area contributed by atoms with Gasteiger partial charge in [0.05, 0.1) is 11.1 Å². The Morgan fingerprint density at radius 3 is 2.70 bits per heavy atom. The Kier molecular flexibility index (Phi) is 4.73. The fourth-order valence-electron chi connectivity index (χ4n) is 3.08. The SMILES string of the molecule is Cn1cc(Cl)cc1C(=O)NC(c1nccn1C)C1CCOCC1. The number of carbonyl (C=O) groups is 1. The summed E-state index contributed by atoms with van der Waals surface area (Å²) in [5, 5.41) is 3.70. The maximum atomic E-state index is 12.7. The number of nitrogens with one attached hydrogen (secondary N) is 1. The van der Waals surface area contributed by atoms with Crippen LogP contribution in [0.2, 0.25) is 5.02 Å². The summed E-state index contributed by atoms with van der Waals surface area (Å²) < 4.78 is 9.14. The highest BCUT2D eigenvalue weighted by molar-refractivity contribution is 6.31. The summed E-state index contributed by atoms with van der Waals surface area (Å²) in [5.41, 5.74) is 0.543. The predicted octanol–water partition coefficient (Wildman–Crippen LogP) is 2.31. The summed E-state index contributed by atoms with van der Waals surface area (Å²) in [6.45, 7) is 1.44. The van der Waals surface area contributed by atoms with Crippen LogP contribution in [0, 0.1) is 5.92 Å². The van der Waals surface area contributed by atoms with Crippen molar-refractivity contribution in [2.45, 2.75) is 18.9 Å². The van der Waals surface area contributed by atoms with Crippen LogP contribution in [0.3, 0.4) is 0 Å². The summed E-state index contributed by atoms with van der Waals surface area (Å²) >= 11 is 5.99. The van der Waals surface area contributed by atoms with Crippen LogP contribution in [0.5, 0.6) is 0 Å². The van der Waals surface area contributed by atoms with E-state index in [0.29, 0.717) is 16.6 Å². The number of ether oxygens (including phenoxy) is 1. The highest BCUT2D eigenvalue weighted by Crippen LogP contribution is 2.29. The smallest absolute Gasteiger partial charge is 0.268 e. The molecule has 2 aromatic heterocycles. The molecule has 0 spiro atoms. The molecule has 3 rings (SSSR count). The van der Waals surface area contributed by atoms with Gasteiger partial charge in [0, 0.05) is 45.9 Å². The van der Waals surface area contributed by atoms with Gasteiger partial charge in [0.15, 0.2) is 0 Å². The van der Waals surface area contributed by atoms with E-state index < -0.39 is 0 Å². The molecule has 1 saturated heterocycles. The maximum absolute atomic E-state index is 12.7. The van der Waals surface area contributed by atoms with E-state index in [4.69, 9.17) is 16.3 Å². The summed E-state index contributed by atoms with van der Waals surface area (Å²) in [6.07, 6.45) is 7.19. The molecule has 1 aliphatic heterocycles. The lowest BCUT2D eigenvalue weighted by molar-refractivity contribution is 0.0498. The normalized spacial score (nSPS) is 17.2. The van der Waals surface area contributed by atoms with Gasteiger partial charge in [0.1, 0.15) is 11.5 Å². The monoisotopic (exact) mass is 336 g/mol. The van der Waals surface area contributed by atoms with Gasteiger partial charge in [-0.05, 0) is 24.8 Å². The Labute approximate surface area is 140 Å². The molecule has 3 heterocycles. The average molecular weight is 337 g/mol. The summed E-state index contributed by atoms with van der Waals surface area (Å²) in [4.78, 5) is 17.1. The van der Waals surface area contributed by atoms with E-state index in [1.165, 1.54) is 0 Å². The molecule has 0 radical (unpaired) electrons. The lowest BCUT2D eigenvalue weighted by atomic mass is 9.91. The van der Waals surface area contributed by atoms with E-state index >= 15 is 0 Å². The van der Waals surface area contributed by atoms with E-state index in [1.54, 1.807) is 23.0 Å². The fraction of sp³-hybridized carbons (Fsp3) is 0.500. The second-order valence-corrected chi connectivity index (χ2v) is 6.39. The first-order valence-corrected chi connectivity index (χ1v) is 8.11. The quantitative estimate of drug-likeness (QED) is 0.932. The Morgan fingerprint density at radius 2 is 2.13 bits per heavy atom. The zero-order chi connectivity index (χ0) is 16.4. The van der Waals surface area contributed by atoms with Crippen molar-refractivity contribution in [3.8, 4) is 0 Å². The summed E-state index contributed by atoms with van der Waals surface area (Å²) in [5.74, 6) is 1.04. The molecule has 124 valence electrons. The third-order valence-electron chi connectivity index (χ3n) is 4.36.